The van der Waals surface area contributed by atoms with Crippen LogP contribution in [0, 0.1) is 13.8 Å². The molecule has 4 rings (SSSR count). The van der Waals surface area contributed by atoms with Crippen molar-refractivity contribution in [2.45, 2.75) is 51.6 Å². The topological polar surface area (TPSA) is 109 Å². The van der Waals surface area contributed by atoms with Crippen molar-refractivity contribution >= 4 is 28.6 Å². The van der Waals surface area contributed by atoms with Crippen LogP contribution in [0.2, 0.25) is 0 Å². The summed E-state index contributed by atoms with van der Waals surface area (Å²) in [6.07, 6.45) is 7.04. The van der Waals surface area contributed by atoms with E-state index in [1.807, 2.05) is 0 Å². The minimum Gasteiger partial charge on any atom is -0.369 e. The fraction of sp³-hybridized carbons (Fsp3) is 0.471. The maximum absolute atomic E-state index is 6.33. The lowest BCUT2D eigenvalue weighted by molar-refractivity contribution is 0.305. The minimum absolute atomic E-state index is 0.280. The molecule has 1 spiro atoms. The Morgan fingerprint density at radius 2 is 1.88 bits per heavy atom. The smallest absolute Gasteiger partial charge is 0.220 e. The van der Waals surface area contributed by atoms with E-state index in [0.717, 1.165) is 53.5 Å². The van der Waals surface area contributed by atoms with E-state index < -0.39 is 5.66 Å². The van der Waals surface area contributed by atoms with Gasteiger partial charge in [-0.2, -0.15) is 4.99 Å². The number of benzene rings is 1. The van der Waals surface area contributed by atoms with Crippen LogP contribution in [0.5, 0.6) is 0 Å². The molecule has 7 heteroatoms. The Bertz CT molecular complexity index is 855. The number of hydrogen-bond donors (Lipinski definition) is 3. The predicted octanol–water partition coefficient (Wildman–Crippen LogP) is 2.29. The zero-order chi connectivity index (χ0) is 16.9. The van der Waals surface area contributed by atoms with Crippen LogP contribution in [-0.2, 0) is 0 Å². The van der Waals surface area contributed by atoms with Gasteiger partial charge in [-0.3, -0.25) is 4.90 Å². The Morgan fingerprint density at radius 3 is 2.62 bits per heavy atom. The molecule has 2 aromatic rings. The van der Waals surface area contributed by atoms with Crippen molar-refractivity contribution in [3.05, 3.63) is 23.5 Å². The molecular weight excluding hydrogens is 302 g/mol. The highest BCUT2D eigenvalue weighted by atomic mass is 15.4. The zero-order valence-corrected chi connectivity index (χ0v) is 14.1. The first-order valence-corrected chi connectivity index (χ1v) is 8.45. The summed E-state index contributed by atoms with van der Waals surface area (Å²) in [6, 6.07) is 2.10. The number of hydrogen-bond acceptors (Lipinski definition) is 6. The molecule has 1 saturated carbocycles. The van der Waals surface area contributed by atoms with Crippen molar-refractivity contribution in [3.63, 3.8) is 0 Å². The van der Waals surface area contributed by atoms with Gasteiger partial charge in [-0.15, -0.1) is 0 Å². The summed E-state index contributed by atoms with van der Waals surface area (Å²) in [5, 5.41) is 0. The molecule has 1 aromatic heterocycles. The van der Waals surface area contributed by atoms with E-state index in [9.17, 15) is 0 Å². The van der Waals surface area contributed by atoms with Crippen molar-refractivity contribution in [1.29, 1.82) is 0 Å². The number of nitrogens with one attached hydrogen (secondary N) is 1. The number of aliphatic imine (C=N–C) groups is 2. The maximum Gasteiger partial charge on any atom is 0.220 e. The molecule has 2 aliphatic rings. The van der Waals surface area contributed by atoms with Crippen molar-refractivity contribution in [2.75, 3.05) is 4.90 Å². The third-order valence-electron chi connectivity index (χ3n) is 5.34. The van der Waals surface area contributed by atoms with Crippen LogP contribution in [0.3, 0.4) is 0 Å². The minimum atomic E-state index is -0.418. The quantitative estimate of drug-likeness (QED) is 0.747. The standard InChI is InChI=1S/C17H23N7/c1-10-11(2)14-12(20-9-21-14)8-13(10)24-16(19)22-15(18)23-17(24)6-4-3-5-7-17/h8-9H,3-7H2,1-2H3,(H,20,21)(H4,18,19,22,23). The van der Waals surface area contributed by atoms with Gasteiger partial charge in [0.2, 0.25) is 11.9 Å². The van der Waals surface area contributed by atoms with Gasteiger partial charge in [0, 0.05) is 0 Å². The van der Waals surface area contributed by atoms with Crippen molar-refractivity contribution in [3.8, 4) is 0 Å². The second-order valence-corrected chi connectivity index (χ2v) is 6.76. The number of aromatic amines is 1. The monoisotopic (exact) mass is 325 g/mol. The summed E-state index contributed by atoms with van der Waals surface area (Å²) >= 11 is 0. The molecule has 5 N–H and O–H groups in total. The highest BCUT2D eigenvalue weighted by Crippen LogP contribution is 2.41. The Balaban J connectivity index is 1.93. The molecule has 0 bridgehead atoms. The highest BCUT2D eigenvalue weighted by molar-refractivity contribution is 6.07. The van der Waals surface area contributed by atoms with Gasteiger partial charge in [-0.1, -0.05) is 6.42 Å². The molecular formula is C17H23N7. The third-order valence-corrected chi connectivity index (χ3v) is 5.34. The van der Waals surface area contributed by atoms with Crippen LogP contribution in [-0.4, -0.2) is 27.5 Å². The van der Waals surface area contributed by atoms with E-state index >= 15 is 0 Å². The molecule has 0 radical (unpaired) electrons. The van der Waals surface area contributed by atoms with E-state index in [2.05, 4.69) is 39.8 Å². The molecule has 0 amide bonds. The lowest BCUT2D eigenvalue weighted by Gasteiger charge is -2.46. The molecule has 126 valence electrons. The molecule has 1 aromatic carbocycles. The van der Waals surface area contributed by atoms with E-state index in [0.29, 0.717) is 5.96 Å². The lowest BCUT2D eigenvalue weighted by atomic mass is 9.86. The number of imidazole rings is 1. The second-order valence-electron chi connectivity index (χ2n) is 6.76. The van der Waals surface area contributed by atoms with Crippen LogP contribution in [0.4, 0.5) is 5.69 Å². The summed E-state index contributed by atoms with van der Waals surface area (Å²) < 4.78 is 0. The number of rotatable bonds is 1. The van der Waals surface area contributed by atoms with Gasteiger partial charge >= 0.3 is 0 Å². The lowest BCUT2D eigenvalue weighted by Crippen LogP contribution is -2.58. The van der Waals surface area contributed by atoms with E-state index in [-0.39, 0.29) is 5.96 Å². The molecule has 2 heterocycles. The Hall–Kier alpha value is -2.57. The molecule has 24 heavy (non-hydrogen) atoms. The third kappa shape index (κ3) is 2.07. The molecule has 1 fully saturated rings. The Morgan fingerprint density at radius 1 is 1.12 bits per heavy atom. The first kappa shape index (κ1) is 15.0. The van der Waals surface area contributed by atoms with Crippen molar-refractivity contribution in [2.24, 2.45) is 21.5 Å². The number of aryl methyl sites for hydroxylation is 1. The first-order valence-electron chi connectivity index (χ1n) is 8.45. The summed E-state index contributed by atoms with van der Waals surface area (Å²) in [5.74, 6) is 0.702. The maximum atomic E-state index is 6.33. The second kappa shape index (κ2) is 5.22. The van der Waals surface area contributed by atoms with Crippen LogP contribution in [0.1, 0.15) is 43.2 Å². The van der Waals surface area contributed by atoms with Crippen LogP contribution in [0.15, 0.2) is 22.4 Å². The van der Waals surface area contributed by atoms with Gasteiger partial charge in [-0.25, -0.2) is 9.98 Å². The van der Waals surface area contributed by atoms with Gasteiger partial charge in [0.25, 0.3) is 0 Å². The summed E-state index contributed by atoms with van der Waals surface area (Å²) in [4.78, 5) is 18.7. The van der Waals surface area contributed by atoms with Gasteiger partial charge in [0.05, 0.1) is 23.0 Å². The van der Waals surface area contributed by atoms with Crippen LogP contribution in [0.25, 0.3) is 11.0 Å². The van der Waals surface area contributed by atoms with Crippen molar-refractivity contribution in [1.82, 2.24) is 9.97 Å². The fourth-order valence-corrected chi connectivity index (χ4v) is 4.03. The average Bonchev–Trinajstić information content (AvgIpc) is 3.00. The van der Waals surface area contributed by atoms with Crippen molar-refractivity contribution < 1.29 is 0 Å². The van der Waals surface area contributed by atoms with E-state index in [1.54, 1.807) is 6.33 Å². The number of nitrogens with zero attached hydrogens (tertiary/aromatic N) is 4. The molecule has 7 nitrogen and oxygen atoms in total. The number of nitrogens with two attached hydrogens (primary N) is 2. The Labute approximate surface area is 140 Å². The van der Waals surface area contributed by atoms with Gasteiger partial charge < -0.3 is 16.5 Å². The first-order chi connectivity index (χ1) is 11.5. The molecule has 0 unspecified atom stereocenters. The highest BCUT2D eigenvalue weighted by Gasteiger charge is 2.43. The number of anilines is 1. The summed E-state index contributed by atoms with van der Waals surface area (Å²) in [5.41, 5.74) is 17.2. The average molecular weight is 325 g/mol. The number of fused-ring (bicyclic) bond motifs is 1. The Kier molecular flexibility index (Phi) is 3.26. The van der Waals surface area contributed by atoms with Gasteiger partial charge in [0.1, 0.15) is 5.66 Å². The number of guanidine groups is 2. The predicted molar refractivity (Wildman–Crippen MR) is 97.1 cm³/mol. The molecule has 0 atom stereocenters. The van der Waals surface area contributed by atoms with Crippen LogP contribution >= 0.6 is 0 Å². The van der Waals surface area contributed by atoms with E-state index in [1.165, 1.54) is 6.42 Å². The van der Waals surface area contributed by atoms with E-state index in [4.69, 9.17) is 16.5 Å². The fourth-order valence-electron chi connectivity index (χ4n) is 4.03. The molecule has 1 aliphatic heterocycles. The SMILES string of the molecule is Cc1c(N2C(N)=NC(N)=NC23CCCCC3)cc2[nH]cnc2c1C. The summed E-state index contributed by atoms with van der Waals surface area (Å²) in [6.45, 7) is 4.19. The largest absolute Gasteiger partial charge is 0.369 e. The van der Waals surface area contributed by atoms with Crippen LogP contribution < -0.4 is 16.4 Å². The summed E-state index contributed by atoms with van der Waals surface area (Å²) in [7, 11) is 0. The van der Waals surface area contributed by atoms with Gasteiger partial charge in [0.15, 0.2) is 0 Å². The normalized spacial score (nSPS) is 20.3. The molecule has 1 aliphatic carbocycles. The number of aromatic nitrogens is 2. The number of H-pyrrole nitrogens is 1. The van der Waals surface area contributed by atoms with Gasteiger partial charge in [-0.05, 0) is 56.7 Å². The zero-order valence-electron chi connectivity index (χ0n) is 14.1. The molecule has 0 saturated heterocycles.